The third-order valence-electron chi connectivity index (χ3n) is 1.01. The quantitative estimate of drug-likeness (QED) is 0.734. The van der Waals surface area contributed by atoms with Gasteiger partial charge in [0.15, 0.2) is 5.75 Å². The normalized spacial score (nSPS) is 11.5. The van der Waals surface area contributed by atoms with Gasteiger partial charge in [0.05, 0.1) is 10.7 Å². The molecule has 13 heavy (non-hydrogen) atoms. The zero-order valence-electron chi connectivity index (χ0n) is 5.90. The minimum atomic E-state index is -4.72. The highest BCUT2D eigenvalue weighted by atomic mass is 79.9. The topological polar surface area (TPSA) is 22.1 Å². The average molecular weight is 276 g/mol. The Morgan fingerprint density at radius 3 is 2.54 bits per heavy atom. The summed E-state index contributed by atoms with van der Waals surface area (Å²) in [4.78, 5) is 3.43. The first kappa shape index (κ1) is 10.6. The Kier molecular flexibility index (Phi) is 3.02. The molecule has 1 aromatic heterocycles. The number of alkyl halides is 3. The lowest BCUT2D eigenvalue weighted by molar-refractivity contribution is -0.275. The van der Waals surface area contributed by atoms with Crippen LogP contribution >= 0.6 is 27.5 Å². The molecule has 0 aromatic carbocycles. The molecule has 7 heteroatoms. The molecule has 0 unspecified atom stereocenters. The van der Waals surface area contributed by atoms with Crippen molar-refractivity contribution in [2.24, 2.45) is 0 Å². The van der Waals surface area contributed by atoms with E-state index in [4.69, 9.17) is 11.6 Å². The molecular weight excluding hydrogens is 274 g/mol. The standard InChI is InChI=1S/C6H2BrClF3NO/c7-3-1-5(8)12-2-4(3)13-6(9,10)11/h1-2H. The van der Waals surface area contributed by atoms with Crippen molar-refractivity contribution in [1.29, 1.82) is 0 Å². The number of hydrogen-bond donors (Lipinski definition) is 0. The molecule has 0 atom stereocenters. The number of hydrogen-bond acceptors (Lipinski definition) is 2. The molecule has 0 bridgehead atoms. The summed E-state index contributed by atoms with van der Waals surface area (Å²) in [6, 6.07) is 1.21. The number of ether oxygens (including phenoxy) is 1. The van der Waals surface area contributed by atoms with Crippen LogP contribution in [0.15, 0.2) is 16.7 Å². The second-order valence-corrected chi connectivity index (χ2v) is 3.23. The van der Waals surface area contributed by atoms with E-state index in [0.717, 1.165) is 6.20 Å². The van der Waals surface area contributed by atoms with Gasteiger partial charge in [-0.25, -0.2) is 4.98 Å². The van der Waals surface area contributed by atoms with Gasteiger partial charge in [0.2, 0.25) is 0 Å². The van der Waals surface area contributed by atoms with E-state index >= 15 is 0 Å². The summed E-state index contributed by atoms with van der Waals surface area (Å²) in [5.74, 6) is -0.420. The number of halogens is 5. The summed E-state index contributed by atoms with van der Waals surface area (Å²) in [5, 5.41) is 0.0846. The van der Waals surface area contributed by atoms with Crippen molar-refractivity contribution in [1.82, 2.24) is 4.98 Å². The van der Waals surface area contributed by atoms with E-state index in [1.807, 2.05) is 0 Å². The van der Waals surface area contributed by atoms with Crippen LogP contribution in [0.3, 0.4) is 0 Å². The average Bonchev–Trinajstić information content (AvgIpc) is 1.93. The van der Waals surface area contributed by atoms with Crippen LogP contribution in [0.5, 0.6) is 5.75 Å². The van der Waals surface area contributed by atoms with Gasteiger partial charge in [0, 0.05) is 0 Å². The summed E-state index contributed by atoms with van der Waals surface area (Å²) in [6.07, 6.45) is -3.84. The monoisotopic (exact) mass is 275 g/mol. The second-order valence-electron chi connectivity index (χ2n) is 1.99. The zero-order valence-corrected chi connectivity index (χ0v) is 8.24. The van der Waals surface area contributed by atoms with Gasteiger partial charge >= 0.3 is 6.36 Å². The fraction of sp³-hybridized carbons (Fsp3) is 0.167. The number of rotatable bonds is 1. The van der Waals surface area contributed by atoms with Crippen LogP contribution < -0.4 is 4.74 Å². The van der Waals surface area contributed by atoms with Crippen molar-refractivity contribution in [2.75, 3.05) is 0 Å². The third-order valence-corrected chi connectivity index (χ3v) is 1.84. The lowest BCUT2D eigenvalue weighted by Gasteiger charge is -2.09. The van der Waals surface area contributed by atoms with Crippen molar-refractivity contribution < 1.29 is 17.9 Å². The van der Waals surface area contributed by atoms with Crippen molar-refractivity contribution in [3.63, 3.8) is 0 Å². The first-order valence-electron chi connectivity index (χ1n) is 2.95. The molecule has 1 heterocycles. The Hall–Kier alpha value is -0.490. The zero-order chi connectivity index (χ0) is 10.1. The van der Waals surface area contributed by atoms with Crippen LogP contribution in [-0.4, -0.2) is 11.3 Å². The molecule has 0 spiro atoms. The van der Waals surface area contributed by atoms with Crippen molar-refractivity contribution in [3.05, 3.63) is 21.9 Å². The molecule has 0 radical (unpaired) electrons. The minimum absolute atomic E-state index is 0.0846. The molecular formula is C6H2BrClF3NO. The summed E-state index contributed by atoms with van der Waals surface area (Å²) in [7, 11) is 0. The van der Waals surface area contributed by atoms with Gasteiger partial charge in [-0.3, -0.25) is 0 Å². The maximum Gasteiger partial charge on any atom is 0.573 e. The smallest absolute Gasteiger partial charge is 0.403 e. The Balaban J connectivity index is 2.90. The second kappa shape index (κ2) is 3.71. The van der Waals surface area contributed by atoms with Crippen LogP contribution in [0.25, 0.3) is 0 Å². The van der Waals surface area contributed by atoms with Crippen molar-refractivity contribution >= 4 is 27.5 Å². The maximum atomic E-state index is 11.7. The maximum absolute atomic E-state index is 11.7. The Bertz CT molecular complexity index is 317. The van der Waals surface area contributed by atoms with Crippen LogP contribution in [-0.2, 0) is 0 Å². The first-order chi connectivity index (χ1) is 5.88. The summed E-state index contributed by atoms with van der Waals surface area (Å²) in [6.45, 7) is 0. The van der Waals surface area contributed by atoms with E-state index in [1.165, 1.54) is 6.07 Å². The SMILES string of the molecule is FC(F)(F)Oc1cnc(Cl)cc1Br. The molecule has 0 fully saturated rings. The van der Waals surface area contributed by atoms with Gasteiger partial charge in [0.25, 0.3) is 0 Å². The number of pyridine rings is 1. The predicted molar refractivity (Wildman–Crippen MR) is 43.6 cm³/mol. The minimum Gasteiger partial charge on any atom is -0.403 e. The van der Waals surface area contributed by atoms with Gasteiger partial charge in [-0.05, 0) is 22.0 Å². The fourth-order valence-corrected chi connectivity index (χ4v) is 1.28. The van der Waals surface area contributed by atoms with Gasteiger partial charge in [0.1, 0.15) is 5.15 Å². The molecule has 0 aliphatic heterocycles. The van der Waals surface area contributed by atoms with E-state index in [1.54, 1.807) is 0 Å². The van der Waals surface area contributed by atoms with Crippen molar-refractivity contribution in [2.45, 2.75) is 6.36 Å². The molecule has 0 N–H and O–H groups in total. The highest BCUT2D eigenvalue weighted by Crippen LogP contribution is 2.30. The van der Waals surface area contributed by atoms with Gasteiger partial charge in [-0.1, -0.05) is 11.6 Å². The van der Waals surface area contributed by atoms with Crippen LogP contribution in [0, 0.1) is 0 Å². The van der Waals surface area contributed by atoms with E-state index in [0.29, 0.717) is 0 Å². The van der Waals surface area contributed by atoms with Crippen LogP contribution in [0.1, 0.15) is 0 Å². The van der Waals surface area contributed by atoms with Gasteiger partial charge in [-0.2, -0.15) is 0 Å². The van der Waals surface area contributed by atoms with Gasteiger partial charge in [-0.15, -0.1) is 13.2 Å². The van der Waals surface area contributed by atoms with E-state index < -0.39 is 12.1 Å². The molecule has 72 valence electrons. The molecule has 0 aliphatic carbocycles. The van der Waals surface area contributed by atoms with E-state index in [2.05, 4.69) is 25.7 Å². The lowest BCUT2D eigenvalue weighted by atomic mass is 10.5. The first-order valence-corrected chi connectivity index (χ1v) is 4.12. The van der Waals surface area contributed by atoms with Gasteiger partial charge < -0.3 is 4.74 Å². The third kappa shape index (κ3) is 3.40. The molecule has 0 aliphatic rings. The van der Waals surface area contributed by atoms with Crippen molar-refractivity contribution in [3.8, 4) is 5.75 Å². The highest BCUT2D eigenvalue weighted by Gasteiger charge is 2.32. The number of aromatic nitrogens is 1. The molecule has 2 nitrogen and oxygen atoms in total. The fourth-order valence-electron chi connectivity index (χ4n) is 0.595. The highest BCUT2D eigenvalue weighted by molar-refractivity contribution is 9.10. The van der Waals surface area contributed by atoms with Crippen LogP contribution in [0.4, 0.5) is 13.2 Å². The Labute approximate surface area is 84.8 Å². The Morgan fingerprint density at radius 1 is 1.46 bits per heavy atom. The van der Waals surface area contributed by atoms with E-state index in [9.17, 15) is 13.2 Å². The molecule has 0 amide bonds. The Morgan fingerprint density at radius 2 is 2.08 bits per heavy atom. The summed E-state index contributed by atoms with van der Waals surface area (Å²) < 4.78 is 38.9. The molecule has 0 saturated carbocycles. The van der Waals surface area contributed by atoms with E-state index in [-0.39, 0.29) is 9.63 Å². The summed E-state index contributed by atoms with van der Waals surface area (Å²) >= 11 is 8.26. The molecule has 1 aromatic rings. The molecule has 1 rings (SSSR count). The number of nitrogens with zero attached hydrogens (tertiary/aromatic N) is 1. The predicted octanol–water partition coefficient (Wildman–Crippen LogP) is 3.40. The summed E-state index contributed by atoms with van der Waals surface area (Å²) in [5.41, 5.74) is 0. The molecule has 0 saturated heterocycles. The largest absolute Gasteiger partial charge is 0.573 e. The lowest BCUT2D eigenvalue weighted by Crippen LogP contribution is -2.17. The van der Waals surface area contributed by atoms with Crippen LogP contribution in [0.2, 0.25) is 5.15 Å².